The van der Waals surface area contributed by atoms with Gasteiger partial charge in [0, 0.05) is 65.0 Å². The molecule has 0 bridgehead atoms. The van der Waals surface area contributed by atoms with Crippen molar-refractivity contribution in [2.45, 2.75) is 176 Å². The zero-order valence-corrected chi connectivity index (χ0v) is 43.6. The van der Waals surface area contributed by atoms with Crippen LogP contribution < -0.4 is 16.0 Å². The average Bonchev–Trinajstić information content (AvgIpc) is 3.70. The number of carboxylic acids is 2. The number of aliphatic carboxylic acids is 2. The van der Waals surface area contributed by atoms with E-state index in [1.807, 2.05) is 6.92 Å². The minimum absolute atomic E-state index is 0.0233. The van der Waals surface area contributed by atoms with E-state index in [0.29, 0.717) is 120 Å². The van der Waals surface area contributed by atoms with Gasteiger partial charge >= 0.3 is 11.9 Å². The first kappa shape index (κ1) is 60.8. The molecule has 0 aromatic rings. The van der Waals surface area contributed by atoms with Gasteiger partial charge in [0.1, 0.15) is 25.9 Å². The van der Waals surface area contributed by atoms with Crippen LogP contribution in [0.2, 0.25) is 0 Å². The summed E-state index contributed by atoms with van der Waals surface area (Å²) < 4.78 is 27.1. The van der Waals surface area contributed by atoms with Crippen LogP contribution in [-0.2, 0) is 57.2 Å². The van der Waals surface area contributed by atoms with E-state index in [-0.39, 0.29) is 68.6 Å². The first-order valence-corrected chi connectivity index (χ1v) is 26.7. The number of hydrogen-bond donors (Lipinski definition) is 5. The number of amides is 3. The number of unbranched alkanes of at least 4 members (excludes halogenated alkanes) is 1. The van der Waals surface area contributed by atoms with Gasteiger partial charge in [0.2, 0.25) is 17.7 Å². The number of ether oxygens (including phenoxy) is 5. The minimum Gasteiger partial charge on any atom is -0.481 e. The first-order valence-electron chi connectivity index (χ1n) is 26.7. The van der Waals surface area contributed by atoms with Crippen molar-refractivity contribution in [3.63, 3.8) is 0 Å². The van der Waals surface area contributed by atoms with Crippen molar-refractivity contribution >= 4 is 41.2 Å². The standard InChI is InChI=1S/C40H67NO9.C13H24N2O5/c1-5-47-21-6-7-30(42)26-49-24-23-48-22-20-41-37(44)14-10-31(43)27-50-32-16-18-39(3)29(25-32)9-11-33-35-13-12-34(28(2)8-15-38(45)46)40(35,4)19-17-36(33)39;1-3-11(16)14-8-6-5-7-10(13(18)19)15-12(17)9-20-4-2/h28-29,32-36H,5-27H2,1-4H3,(H,41,44)(H,45,46);10H,3-9H2,1-2H3,(H,14,16)(H,15,17)(H,18,19)/t28-,29-,32+,33+,34-,35?,36+,39+,40-;10-/m10/s1. The van der Waals surface area contributed by atoms with Gasteiger partial charge in [-0.05, 0) is 150 Å². The van der Waals surface area contributed by atoms with Crippen LogP contribution in [0.25, 0.3) is 0 Å². The lowest BCUT2D eigenvalue weighted by Gasteiger charge is -2.61. The Morgan fingerprint density at radius 2 is 1.31 bits per heavy atom. The molecule has 3 amide bonds. The van der Waals surface area contributed by atoms with Crippen molar-refractivity contribution in [3.05, 3.63) is 0 Å². The predicted octanol–water partition coefficient (Wildman–Crippen LogP) is 6.70. The SMILES string of the molecule is CCOCC(=O)N[C@@H](CCCCNC(=O)CC)C(=O)O.CCOCCCC(=O)COCCOCCNC(=O)CCC(=O)CO[C@H]1CC[C@@]2(C)[C@H](CC[C@H]3C4CC[C@H]([C@H](C)CCC(=O)O)[C@@]4(C)CC[C@@H]32)C1. The normalized spacial score (nSPS) is 26.5. The third-order valence-electron chi connectivity index (χ3n) is 16.1. The van der Waals surface area contributed by atoms with Crippen LogP contribution in [0.5, 0.6) is 0 Å². The molecule has 0 aliphatic heterocycles. The fraction of sp³-hybridized carbons (Fsp3) is 0.868. The summed E-state index contributed by atoms with van der Waals surface area (Å²) in [6.07, 6.45) is 15.5. The van der Waals surface area contributed by atoms with Gasteiger partial charge in [0.15, 0.2) is 11.6 Å². The molecule has 17 nitrogen and oxygen atoms in total. The Balaban J connectivity index is 0.000000545. The molecule has 4 aliphatic rings. The first-order chi connectivity index (χ1) is 33.5. The van der Waals surface area contributed by atoms with Crippen molar-refractivity contribution in [1.82, 2.24) is 16.0 Å². The molecule has 402 valence electrons. The Morgan fingerprint density at radius 3 is 2.03 bits per heavy atom. The van der Waals surface area contributed by atoms with E-state index in [2.05, 4.69) is 36.7 Å². The Labute approximate surface area is 418 Å². The fourth-order valence-corrected chi connectivity index (χ4v) is 12.3. The molecule has 70 heavy (non-hydrogen) atoms. The summed E-state index contributed by atoms with van der Waals surface area (Å²) in [6.45, 7) is 16.4. The third-order valence-corrected chi connectivity index (χ3v) is 16.1. The number of rotatable bonds is 34. The van der Waals surface area contributed by atoms with E-state index in [9.17, 15) is 38.7 Å². The van der Waals surface area contributed by atoms with Crippen LogP contribution in [0.3, 0.4) is 0 Å². The molecule has 0 aromatic carbocycles. The smallest absolute Gasteiger partial charge is 0.326 e. The third kappa shape index (κ3) is 20.5. The quantitative estimate of drug-likeness (QED) is 0.0422. The Morgan fingerprint density at radius 1 is 0.614 bits per heavy atom. The van der Waals surface area contributed by atoms with Gasteiger partial charge in [-0.2, -0.15) is 0 Å². The largest absolute Gasteiger partial charge is 0.481 e. The lowest BCUT2D eigenvalue weighted by atomic mass is 9.44. The second kappa shape index (κ2) is 32.5. The highest BCUT2D eigenvalue weighted by Crippen LogP contribution is 2.68. The van der Waals surface area contributed by atoms with Gasteiger partial charge in [-0.25, -0.2) is 4.79 Å². The maximum Gasteiger partial charge on any atom is 0.326 e. The number of carbonyl (C=O) groups is 7. The maximum absolute atomic E-state index is 12.6. The van der Waals surface area contributed by atoms with Crippen LogP contribution in [-0.4, -0.2) is 136 Å². The molecule has 0 heterocycles. The Bertz CT molecular complexity index is 1630. The van der Waals surface area contributed by atoms with Crippen molar-refractivity contribution in [2.75, 3.05) is 72.6 Å². The van der Waals surface area contributed by atoms with Gasteiger partial charge in [0.05, 0.1) is 25.9 Å². The highest BCUT2D eigenvalue weighted by atomic mass is 16.5. The van der Waals surface area contributed by atoms with E-state index in [0.717, 1.165) is 43.4 Å². The van der Waals surface area contributed by atoms with Crippen molar-refractivity contribution in [3.8, 4) is 0 Å². The average molecular weight is 994 g/mol. The number of fused-ring (bicyclic) bond motifs is 5. The van der Waals surface area contributed by atoms with Gasteiger partial charge in [-0.3, -0.25) is 28.8 Å². The highest BCUT2D eigenvalue weighted by Gasteiger charge is 2.60. The zero-order valence-electron chi connectivity index (χ0n) is 43.6. The topological polar surface area (TPSA) is 242 Å². The lowest BCUT2D eigenvalue weighted by molar-refractivity contribution is -0.144. The van der Waals surface area contributed by atoms with E-state index in [1.54, 1.807) is 13.8 Å². The molecule has 1 unspecified atom stereocenters. The number of Topliss-reactive ketones (excluding diaryl/α,β-unsaturated/α-hetero) is 2. The number of ketones is 2. The van der Waals surface area contributed by atoms with Crippen LogP contribution in [0.4, 0.5) is 0 Å². The number of hydrogen-bond acceptors (Lipinski definition) is 12. The molecule has 5 N–H and O–H groups in total. The summed E-state index contributed by atoms with van der Waals surface area (Å²) in [7, 11) is 0. The molecule has 0 saturated heterocycles. The molecule has 0 radical (unpaired) electrons. The van der Waals surface area contributed by atoms with Gasteiger partial charge < -0.3 is 49.8 Å². The second-order valence-corrected chi connectivity index (χ2v) is 20.7. The van der Waals surface area contributed by atoms with E-state index >= 15 is 0 Å². The second-order valence-electron chi connectivity index (χ2n) is 20.7. The summed E-state index contributed by atoms with van der Waals surface area (Å²) in [5.41, 5.74) is 0.676. The van der Waals surface area contributed by atoms with Crippen LogP contribution >= 0.6 is 0 Å². The minimum atomic E-state index is -1.06. The Hall–Kier alpha value is -3.51. The maximum atomic E-state index is 12.6. The highest BCUT2D eigenvalue weighted by molar-refractivity contribution is 5.86. The van der Waals surface area contributed by atoms with E-state index < -0.39 is 23.9 Å². The van der Waals surface area contributed by atoms with Crippen LogP contribution in [0.1, 0.15) is 164 Å². The molecular weight excluding hydrogens is 903 g/mol. The predicted molar refractivity (Wildman–Crippen MR) is 264 cm³/mol. The molecule has 4 saturated carbocycles. The summed E-state index contributed by atoms with van der Waals surface area (Å²) in [5, 5.41) is 26.2. The molecule has 0 aromatic heterocycles. The zero-order chi connectivity index (χ0) is 51.5. The Kier molecular flexibility index (Phi) is 28.3. The van der Waals surface area contributed by atoms with E-state index in [4.69, 9.17) is 28.8 Å². The van der Waals surface area contributed by atoms with Gasteiger partial charge in [-0.1, -0.05) is 27.7 Å². The van der Waals surface area contributed by atoms with Crippen molar-refractivity contribution in [2.24, 2.45) is 46.3 Å². The monoisotopic (exact) mass is 994 g/mol. The molecule has 4 fully saturated rings. The summed E-state index contributed by atoms with van der Waals surface area (Å²) in [5.74, 6) is 1.69. The molecule has 4 rings (SSSR count). The van der Waals surface area contributed by atoms with E-state index in [1.165, 1.54) is 38.5 Å². The molecule has 10 atom stereocenters. The molecule has 17 heteroatoms. The number of carbonyl (C=O) groups excluding carboxylic acids is 5. The molecule has 0 spiro atoms. The molecular formula is C53H91N3O14. The van der Waals surface area contributed by atoms with Crippen molar-refractivity contribution < 1.29 is 67.5 Å². The van der Waals surface area contributed by atoms with Gasteiger partial charge in [0.25, 0.3) is 0 Å². The van der Waals surface area contributed by atoms with Crippen LogP contribution in [0, 0.1) is 46.3 Å². The summed E-state index contributed by atoms with van der Waals surface area (Å²) in [4.78, 5) is 81.2. The summed E-state index contributed by atoms with van der Waals surface area (Å²) in [6, 6.07) is -0.912. The lowest BCUT2D eigenvalue weighted by Crippen LogP contribution is -2.54. The molecule has 4 aliphatic carbocycles. The van der Waals surface area contributed by atoms with Crippen molar-refractivity contribution in [1.29, 1.82) is 0 Å². The number of carboxylic acid groups (broad SMARTS) is 2. The van der Waals surface area contributed by atoms with Gasteiger partial charge in [-0.15, -0.1) is 0 Å². The fourth-order valence-electron chi connectivity index (χ4n) is 12.3. The van der Waals surface area contributed by atoms with Crippen LogP contribution in [0.15, 0.2) is 0 Å². The summed E-state index contributed by atoms with van der Waals surface area (Å²) >= 11 is 0. The number of nitrogens with one attached hydrogen (secondary N) is 3.